The zero-order chi connectivity index (χ0) is 20.2. The Bertz CT molecular complexity index is 639. The minimum Gasteiger partial charge on any atom is -0.340 e. The van der Waals surface area contributed by atoms with E-state index in [-0.39, 0.29) is 17.2 Å². The van der Waals surface area contributed by atoms with Crippen LogP contribution in [-0.2, 0) is 10.2 Å². The molecule has 0 bridgehead atoms. The van der Waals surface area contributed by atoms with Gasteiger partial charge < -0.3 is 15.1 Å². The number of nitrogens with one attached hydrogen (secondary N) is 1. The lowest BCUT2D eigenvalue weighted by Crippen LogP contribution is -2.54. The standard InChI is InChI=1S/C22H35N3O2/c1-16(2)15-19(21(27)25-13-11-24(6)12-14-25)23-20(26)17-7-9-18(10-8-17)22(3,4)5/h7-10,16,19H,11-15H2,1-6H3,(H,23,26)/t19-/m0/s1. The van der Waals surface area contributed by atoms with Gasteiger partial charge in [-0.3, -0.25) is 9.59 Å². The summed E-state index contributed by atoms with van der Waals surface area (Å²) in [6.45, 7) is 13.8. The molecule has 1 N–H and O–H groups in total. The Morgan fingerprint density at radius 1 is 1.04 bits per heavy atom. The number of carbonyl (C=O) groups excluding carboxylic acids is 2. The summed E-state index contributed by atoms with van der Waals surface area (Å²) in [4.78, 5) is 29.8. The minimum absolute atomic E-state index is 0.0384. The van der Waals surface area contributed by atoms with Gasteiger partial charge in [0, 0.05) is 31.7 Å². The molecule has 1 fully saturated rings. The van der Waals surface area contributed by atoms with Gasteiger partial charge in [0.05, 0.1) is 0 Å². The first-order valence-corrected chi connectivity index (χ1v) is 9.96. The minimum atomic E-state index is -0.469. The van der Waals surface area contributed by atoms with E-state index in [1.807, 2.05) is 29.2 Å². The number of piperazine rings is 1. The van der Waals surface area contributed by atoms with Crippen molar-refractivity contribution in [2.75, 3.05) is 33.2 Å². The van der Waals surface area contributed by atoms with Gasteiger partial charge in [0.2, 0.25) is 5.91 Å². The third-order valence-electron chi connectivity index (χ3n) is 5.14. The van der Waals surface area contributed by atoms with E-state index < -0.39 is 6.04 Å². The van der Waals surface area contributed by atoms with E-state index in [9.17, 15) is 9.59 Å². The molecular weight excluding hydrogens is 338 g/mol. The quantitative estimate of drug-likeness (QED) is 0.863. The van der Waals surface area contributed by atoms with Crippen LogP contribution in [0.3, 0.4) is 0 Å². The van der Waals surface area contributed by atoms with Crippen molar-refractivity contribution >= 4 is 11.8 Å². The molecule has 2 rings (SSSR count). The fraction of sp³-hybridized carbons (Fsp3) is 0.636. The maximum atomic E-state index is 13.0. The van der Waals surface area contributed by atoms with E-state index >= 15 is 0 Å². The molecule has 150 valence electrons. The molecule has 1 aromatic carbocycles. The number of hydrogen-bond acceptors (Lipinski definition) is 3. The molecule has 1 saturated heterocycles. The first-order chi connectivity index (χ1) is 12.6. The molecule has 1 aromatic rings. The fourth-order valence-corrected chi connectivity index (χ4v) is 3.30. The van der Waals surface area contributed by atoms with Crippen LogP contribution in [0.1, 0.15) is 57.0 Å². The van der Waals surface area contributed by atoms with E-state index in [1.54, 1.807) is 0 Å². The Morgan fingerprint density at radius 2 is 1.59 bits per heavy atom. The van der Waals surface area contributed by atoms with Crippen molar-refractivity contribution in [2.24, 2.45) is 5.92 Å². The van der Waals surface area contributed by atoms with Crippen molar-refractivity contribution in [1.82, 2.24) is 15.1 Å². The molecule has 5 nitrogen and oxygen atoms in total. The molecule has 0 aliphatic carbocycles. The summed E-state index contributed by atoms with van der Waals surface area (Å²) in [5.41, 5.74) is 1.83. The lowest BCUT2D eigenvalue weighted by atomic mass is 9.86. The van der Waals surface area contributed by atoms with Crippen LogP contribution in [0, 0.1) is 5.92 Å². The summed E-state index contributed by atoms with van der Waals surface area (Å²) >= 11 is 0. The van der Waals surface area contributed by atoms with Crippen LogP contribution < -0.4 is 5.32 Å². The van der Waals surface area contributed by atoms with Gasteiger partial charge in [0.1, 0.15) is 6.04 Å². The summed E-state index contributed by atoms with van der Waals surface area (Å²) in [7, 11) is 2.07. The first kappa shape index (κ1) is 21.4. The highest BCUT2D eigenvalue weighted by Gasteiger charge is 2.28. The van der Waals surface area contributed by atoms with E-state index in [2.05, 4.69) is 51.9 Å². The Balaban J connectivity index is 2.08. The van der Waals surface area contributed by atoms with Gasteiger partial charge in [-0.15, -0.1) is 0 Å². The van der Waals surface area contributed by atoms with Crippen LogP contribution in [0.25, 0.3) is 0 Å². The number of carbonyl (C=O) groups is 2. The maximum Gasteiger partial charge on any atom is 0.251 e. The Kier molecular flexibility index (Phi) is 7.04. The molecule has 0 unspecified atom stereocenters. The van der Waals surface area contributed by atoms with Crippen molar-refractivity contribution in [3.8, 4) is 0 Å². The van der Waals surface area contributed by atoms with Crippen LogP contribution in [0.15, 0.2) is 24.3 Å². The van der Waals surface area contributed by atoms with Crippen molar-refractivity contribution in [2.45, 2.75) is 52.5 Å². The highest BCUT2D eigenvalue weighted by Crippen LogP contribution is 2.22. The lowest BCUT2D eigenvalue weighted by Gasteiger charge is -2.35. The second-order valence-corrected chi connectivity index (χ2v) is 9.11. The summed E-state index contributed by atoms with van der Waals surface area (Å²) in [6.07, 6.45) is 0.650. The molecule has 0 aromatic heterocycles. The summed E-state index contributed by atoms with van der Waals surface area (Å²) in [5.74, 6) is 0.190. The van der Waals surface area contributed by atoms with Crippen molar-refractivity contribution in [1.29, 1.82) is 0 Å². The van der Waals surface area contributed by atoms with Crippen LogP contribution in [0.4, 0.5) is 0 Å². The van der Waals surface area contributed by atoms with Crippen LogP contribution in [0.5, 0.6) is 0 Å². The van der Waals surface area contributed by atoms with Crippen molar-refractivity contribution < 1.29 is 9.59 Å². The number of nitrogens with zero attached hydrogens (tertiary/aromatic N) is 2. The normalized spacial score (nSPS) is 17.1. The largest absolute Gasteiger partial charge is 0.340 e. The fourth-order valence-electron chi connectivity index (χ4n) is 3.30. The average molecular weight is 374 g/mol. The van der Waals surface area contributed by atoms with Crippen molar-refractivity contribution in [3.05, 3.63) is 35.4 Å². The molecule has 0 saturated carbocycles. The van der Waals surface area contributed by atoms with E-state index in [4.69, 9.17) is 0 Å². The Hall–Kier alpha value is -1.88. The van der Waals surface area contributed by atoms with E-state index in [1.165, 1.54) is 5.56 Å². The molecule has 1 heterocycles. The Labute approximate surface area is 164 Å². The second kappa shape index (κ2) is 8.87. The van der Waals surface area contributed by atoms with Crippen LogP contribution in [0.2, 0.25) is 0 Å². The lowest BCUT2D eigenvalue weighted by molar-refractivity contribution is -0.135. The third-order valence-corrected chi connectivity index (χ3v) is 5.14. The highest BCUT2D eigenvalue weighted by atomic mass is 16.2. The molecular formula is C22H35N3O2. The molecule has 1 aliphatic rings. The molecule has 1 atom stereocenters. The van der Waals surface area contributed by atoms with Crippen LogP contribution >= 0.6 is 0 Å². The van der Waals surface area contributed by atoms with Gasteiger partial charge >= 0.3 is 0 Å². The van der Waals surface area contributed by atoms with Gasteiger partial charge in [0.25, 0.3) is 5.91 Å². The molecule has 0 radical (unpaired) electrons. The van der Waals surface area contributed by atoms with Gasteiger partial charge in [-0.05, 0) is 42.5 Å². The molecule has 5 heteroatoms. The molecule has 2 amide bonds. The highest BCUT2D eigenvalue weighted by molar-refractivity contribution is 5.97. The number of hydrogen-bond donors (Lipinski definition) is 1. The third kappa shape index (κ3) is 6.06. The monoisotopic (exact) mass is 373 g/mol. The predicted molar refractivity (Wildman–Crippen MR) is 110 cm³/mol. The Morgan fingerprint density at radius 3 is 2.07 bits per heavy atom. The molecule has 1 aliphatic heterocycles. The number of benzene rings is 1. The smallest absolute Gasteiger partial charge is 0.251 e. The first-order valence-electron chi connectivity index (χ1n) is 9.96. The van der Waals surface area contributed by atoms with Gasteiger partial charge in [-0.1, -0.05) is 46.8 Å². The maximum absolute atomic E-state index is 13.0. The second-order valence-electron chi connectivity index (χ2n) is 9.11. The topological polar surface area (TPSA) is 52.7 Å². The number of rotatable bonds is 5. The summed E-state index contributed by atoms with van der Waals surface area (Å²) in [6, 6.07) is 7.22. The SMILES string of the molecule is CC(C)C[C@H](NC(=O)c1ccc(C(C)(C)C)cc1)C(=O)N1CCN(C)CC1. The molecule has 27 heavy (non-hydrogen) atoms. The predicted octanol–water partition coefficient (Wildman–Crippen LogP) is 2.90. The summed E-state index contributed by atoms with van der Waals surface area (Å²) < 4.78 is 0. The van der Waals surface area contributed by atoms with Crippen LogP contribution in [-0.4, -0.2) is 60.9 Å². The van der Waals surface area contributed by atoms with Gasteiger partial charge in [-0.2, -0.15) is 0 Å². The zero-order valence-electron chi connectivity index (χ0n) is 17.7. The van der Waals surface area contributed by atoms with Gasteiger partial charge in [0.15, 0.2) is 0 Å². The van der Waals surface area contributed by atoms with E-state index in [0.717, 1.165) is 26.2 Å². The number of amides is 2. The summed E-state index contributed by atoms with van der Waals surface area (Å²) in [5, 5.41) is 2.99. The van der Waals surface area contributed by atoms with Gasteiger partial charge in [-0.25, -0.2) is 0 Å². The molecule has 0 spiro atoms. The number of likely N-dealkylation sites (N-methyl/N-ethyl adjacent to an activating group) is 1. The van der Waals surface area contributed by atoms with E-state index in [0.29, 0.717) is 17.9 Å². The average Bonchev–Trinajstić information content (AvgIpc) is 2.60. The van der Waals surface area contributed by atoms with Crippen molar-refractivity contribution in [3.63, 3.8) is 0 Å². The zero-order valence-corrected chi connectivity index (χ0v) is 17.7.